The van der Waals surface area contributed by atoms with Gasteiger partial charge in [-0.15, -0.1) is 0 Å². The summed E-state index contributed by atoms with van der Waals surface area (Å²) in [6.45, 7) is 0.263. The number of alkyl carbamates (subject to hydrolysis) is 1. The van der Waals surface area contributed by atoms with Crippen molar-refractivity contribution in [2.45, 2.75) is 37.6 Å². The molecule has 1 amide bonds. The summed E-state index contributed by atoms with van der Waals surface area (Å²) in [5.41, 5.74) is 0.959. The van der Waals surface area contributed by atoms with Gasteiger partial charge in [0.2, 0.25) is 0 Å². The molecule has 1 aromatic carbocycles. The Morgan fingerprint density at radius 3 is 2.65 bits per heavy atom. The van der Waals surface area contributed by atoms with Crippen LogP contribution in [0.2, 0.25) is 0 Å². The summed E-state index contributed by atoms with van der Waals surface area (Å²) in [5, 5.41) is 12.7. The molecule has 0 radical (unpaired) electrons. The van der Waals surface area contributed by atoms with Gasteiger partial charge in [-0.1, -0.05) is 30.3 Å². The lowest BCUT2D eigenvalue weighted by molar-refractivity contribution is 0.0998. The second-order valence-corrected chi connectivity index (χ2v) is 5.47. The van der Waals surface area contributed by atoms with Crippen molar-refractivity contribution in [3.8, 4) is 0 Å². The summed E-state index contributed by atoms with van der Waals surface area (Å²) in [6.07, 6.45) is 0.493. The highest BCUT2D eigenvalue weighted by Crippen LogP contribution is 2.23. The monoisotopic (exact) mass is 278 g/mol. The number of nitrogens with one attached hydrogen (secondary N) is 1. The van der Waals surface area contributed by atoms with Crippen molar-refractivity contribution < 1.29 is 14.6 Å². The van der Waals surface area contributed by atoms with Gasteiger partial charge in [-0.05, 0) is 32.5 Å². The van der Waals surface area contributed by atoms with Gasteiger partial charge in [-0.2, -0.15) is 0 Å². The standard InChI is InChI=1S/C15H22N2O3/c1-17(2)13-8-12(9-14(13)18)16-15(19)20-10-11-6-4-3-5-7-11/h3-7,12-14,18H,8-10H2,1-2H3,(H,16,19)/t12-,13+,14-/m1/s1. The lowest BCUT2D eigenvalue weighted by Gasteiger charge is -2.22. The van der Waals surface area contributed by atoms with Crippen molar-refractivity contribution >= 4 is 6.09 Å². The van der Waals surface area contributed by atoms with Crippen LogP contribution in [0, 0.1) is 0 Å². The summed E-state index contributed by atoms with van der Waals surface area (Å²) >= 11 is 0. The van der Waals surface area contributed by atoms with Gasteiger partial charge in [0.25, 0.3) is 0 Å². The number of rotatable bonds is 4. The van der Waals surface area contributed by atoms with Crippen molar-refractivity contribution in [1.29, 1.82) is 0 Å². The Balaban J connectivity index is 1.75. The van der Waals surface area contributed by atoms with Crippen LogP contribution >= 0.6 is 0 Å². The van der Waals surface area contributed by atoms with Crippen LogP contribution in [-0.4, -0.2) is 48.4 Å². The Morgan fingerprint density at radius 1 is 1.35 bits per heavy atom. The predicted molar refractivity (Wildman–Crippen MR) is 76.3 cm³/mol. The lowest BCUT2D eigenvalue weighted by Crippen LogP contribution is -2.36. The summed E-state index contributed by atoms with van der Waals surface area (Å²) in [4.78, 5) is 13.7. The Kier molecular flexibility index (Phi) is 4.98. The second kappa shape index (κ2) is 6.72. The number of aliphatic hydroxyl groups is 1. The average molecular weight is 278 g/mol. The maximum absolute atomic E-state index is 11.7. The van der Waals surface area contributed by atoms with E-state index >= 15 is 0 Å². The molecule has 5 nitrogen and oxygen atoms in total. The first-order valence-corrected chi connectivity index (χ1v) is 6.88. The van der Waals surface area contributed by atoms with Crippen LogP contribution in [0.25, 0.3) is 0 Å². The van der Waals surface area contributed by atoms with Crippen LogP contribution in [0.4, 0.5) is 4.79 Å². The van der Waals surface area contributed by atoms with Gasteiger partial charge in [0.05, 0.1) is 6.10 Å². The number of hydrogen-bond donors (Lipinski definition) is 2. The van der Waals surface area contributed by atoms with Gasteiger partial charge in [0.15, 0.2) is 0 Å². The zero-order valence-corrected chi connectivity index (χ0v) is 12.0. The predicted octanol–water partition coefficient (Wildman–Crippen LogP) is 1.37. The molecule has 2 N–H and O–H groups in total. The first-order chi connectivity index (χ1) is 9.56. The van der Waals surface area contributed by atoms with Crippen molar-refractivity contribution in [2.75, 3.05) is 14.1 Å². The van der Waals surface area contributed by atoms with E-state index in [1.165, 1.54) is 0 Å². The van der Waals surface area contributed by atoms with Crippen molar-refractivity contribution in [3.05, 3.63) is 35.9 Å². The Hall–Kier alpha value is -1.59. The first kappa shape index (κ1) is 14.8. The molecule has 0 aromatic heterocycles. The first-order valence-electron chi connectivity index (χ1n) is 6.88. The van der Waals surface area contributed by atoms with Gasteiger partial charge in [0, 0.05) is 12.1 Å². The van der Waals surface area contributed by atoms with E-state index in [0.717, 1.165) is 12.0 Å². The number of hydrogen-bond acceptors (Lipinski definition) is 4. The third-order valence-corrected chi connectivity index (χ3v) is 3.69. The summed E-state index contributed by atoms with van der Waals surface area (Å²) < 4.78 is 5.18. The molecule has 5 heteroatoms. The van der Waals surface area contributed by atoms with Gasteiger partial charge >= 0.3 is 6.09 Å². The van der Waals surface area contributed by atoms with Crippen LogP contribution in [0.3, 0.4) is 0 Å². The summed E-state index contributed by atoms with van der Waals surface area (Å²) in [7, 11) is 3.87. The molecule has 0 bridgehead atoms. The minimum atomic E-state index is -0.426. The molecular formula is C15H22N2O3. The molecule has 20 heavy (non-hydrogen) atoms. The molecule has 1 aromatic rings. The zero-order chi connectivity index (χ0) is 14.5. The van der Waals surface area contributed by atoms with E-state index in [0.29, 0.717) is 6.42 Å². The van der Waals surface area contributed by atoms with E-state index < -0.39 is 12.2 Å². The molecule has 0 aliphatic heterocycles. The third-order valence-electron chi connectivity index (χ3n) is 3.69. The highest BCUT2D eigenvalue weighted by atomic mass is 16.5. The average Bonchev–Trinajstić information content (AvgIpc) is 2.78. The molecule has 110 valence electrons. The van der Waals surface area contributed by atoms with E-state index in [4.69, 9.17) is 4.74 Å². The highest BCUT2D eigenvalue weighted by Gasteiger charge is 2.35. The Morgan fingerprint density at radius 2 is 2.05 bits per heavy atom. The van der Waals surface area contributed by atoms with E-state index in [1.54, 1.807) is 0 Å². The maximum atomic E-state index is 11.7. The summed E-state index contributed by atoms with van der Waals surface area (Å²) in [6, 6.07) is 9.63. The smallest absolute Gasteiger partial charge is 0.407 e. The molecule has 3 atom stereocenters. The van der Waals surface area contributed by atoms with E-state index in [-0.39, 0.29) is 18.7 Å². The van der Waals surface area contributed by atoms with Crippen molar-refractivity contribution in [2.24, 2.45) is 0 Å². The van der Waals surface area contributed by atoms with Gasteiger partial charge < -0.3 is 20.1 Å². The van der Waals surface area contributed by atoms with Crippen LogP contribution in [-0.2, 0) is 11.3 Å². The number of ether oxygens (including phenoxy) is 1. The topological polar surface area (TPSA) is 61.8 Å². The SMILES string of the molecule is CN(C)[C@H]1C[C@@H](NC(=O)OCc2ccccc2)C[C@H]1O. The number of benzene rings is 1. The number of nitrogens with zero attached hydrogens (tertiary/aromatic N) is 1. The molecule has 0 saturated heterocycles. The number of likely N-dealkylation sites (N-methyl/N-ethyl adjacent to an activating group) is 1. The molecule has 2 rings (SSSR count). The van der Waals surface area contributed by atoms with Crippen LogP contribution in [0.1, 0.15) is 18.4 Å². The molecule has 0 spiro atoms. The van der Waals surface area contributed by atoms with Crippen molar-refractivity contribution in [1.82, 2.24) is 10.2 Å². The number of amides is 1. The number of aliphatic hydroxyl groups excluding tert-OH is 1. The largest absolute Gasteiger partial charge is 0.445 e. The molecule has 1 aliphatic carbocycles. The van der Waals surface area contributed by atoms with Crippen LogP contribution in [0.15, 0.2) is 30.3 Å². The molecule has 1 saturated carbocycles. The summed E-state index contributed by atoms with van der Waals surface area (Å²) in [5.74, 6) is 0. The van der Waals surface area contributed by atoms with Crippen LogP contribution in [0.5, 0.6) is 0 Å². The Labute approximate surface area is 119 Å². The minimum absolute atomic E-state index is 0.0272. The number of carbonyl (C=O) groups is 1. The second-order valence-electron chi connectivity index (χ2n) is 5.47. The molecule has 0 heterocycles. The zero-order valence-electron chi connectivity index (χ0n) is 12.0. The lowest BCUT2D eigenvalue weighted by atomic mass is 10.2. The van der Waals surface area contributed by atoms with Gasteiger partial charge in [-0.3, -0.25) is 0 Å². The third kappa shape index (κ3) is 3.95. The van der Waals surface area contributed by atoms with E-state index in [2.05, 4.69) is 5.32 Å². The fourth-order valence-electron chi connectivity index (χ4n) is 2.60. The molecule has 0 unspecified atom stereocenters. The molecular weight excluding hydrogens is 256 g/mol. The van der Waals surface area contributed by atoms with Gasteiger partial charge in [0.1, 0.15) is 6.61 Å². The van der Waals surface area contributed by atoms with Crippen LogP contribution < -0.4 is 5.32 Å². The fraction of sp³-hybridized carbons (Fsp3) is 0.533. The molecule has 1 fully saturated rings. The number of carbonyl (C=O) groups excluding carboxylic acids is 1. The van der Waals surface area contributed by atoms with E-state index in [1.807, 2.05) is 49.3 Å². The molecule has 1 aliphatic rings. The highest BCUT2D eigenvalue weighted by molar-refractivity contribution is 5.67. The quantitative estimate of drug-likeness (QED) is 0.873. The maximum Gasteiger partial charge on any atom is 0.407 e. The van der Waals surface area contributed by atoms with E-state index in [9.17, 15) is 9.90 Å². The van der Waals surface area contributed by atoms with Gasteiger partial charge in [-0.25, -0.2) is 4.79 Å². The normalized spacial score (nSPS) is 25.7. The minimum Gasteiger partial charge on any atom is -0.445 e. The fourth-order valence-corrected chi connectivity index (χ4v) is 2.60. The Bertz CT molecular complexity index is 436. The van der Waals surface area contributed by atoms with Crippen molar-refractivity contribution in [3.63, 3.8) is 0 Å².